The Hall–Kier alpha value is -2.48. The van der Waals surface area contributed by atoms with E-state index in [1.807, 2.05) is 20.8 Å². The van der Waals surface area contributed by atoms with Gasteiger partial charge in [-0.05, 0) is 24.2 Å². The Balaban J connectivity index is 1.71. The highest BCUT2D eigenvalue weighted by atomic mass is 16.5. The number of nitrogens with one attached hydrogen (secondary N) is 1. The van der Waals surface area contributed by atoms with Crippen molar-refractivity contribution in [3.63, 3.8) is 0 Å². The van der Waals surface area contributed by atoms with E-state index in [-0.39, 0.29) is 24.0 Å². The maximum Gasteiger partial charge on any atom is 0.272 e. The van der Waals surface area contributed by atoms with Crippen LogP contribution in [0, 0.1) is 16.5 Å². The number of carbonyl (C=O) groups excluding carboxylic acids is 1. The second kappa shape index (κ2) is 5.77. The van der Waals surface area contributed by atoms with Crippen LogP contribution in [0.1, 0.15) is 54.9 Å². The highest BCUT2D eigenvalue weighted by Crippen LogP contribution is 2.57. The molecule has 0 aromatic carbocycles. The monoisotopic (exact) mass is 357 g/mol. The van der Waals surface area contributed by atoms with E-state index < -0.39 is 0 Å². The molecule has 2 aliphatic rings. The SMILES string of the molecule is CC(C)(C)C(CO)NC(=O)c1nn(-c2c[n+]([O-])ccn2)c2c1CC1C[C@H]21. The van der Waals surface area contributed by atoms with Crippen LogP contribution in [0.5, 0.6) is 0 Å². The minimum absolute atomic E-state index is 0.139. The van der Waals surface area contributed by atoms with E-state index in [2.05, 4.69) is 15.4 Å². The van der Waals surface area contributed by atoms with Gasteiger partial charge in [-0.25, -0.2) is 9.67 Å². The molecule has 138 valence electrons. The zero-order valence-corrected chi connectivity index (χ0v) is 15.1. The maximum absolute atomic E-state index is 12.9. The smallest absolute Gasteiger partial charge is 0.272 e. The van der Waals surface area contributed by atoms with E-state index in [0.717, 1.165) is 24.1 Å². The number of amides is 1. The third-order valence-electron chi connectivity index (χ3n) is 5.39. The highest BCUT2D eigenvalue weighted by molar-refractivity contribution is 5.94. The van der Waals surface area contributed by atoms with Gasteiger partial charge in [-0.3, -0.25) is 4.79 Å². The number of nitrogens with zero attached hydrogens (tertiary/aromatic N) is 4. The van der Waals surface area contributed by atoms with Crippen molar-refractivity contribution in [1.29, 1.82) is 0 Å². The summed E-state index contributed by atoms with van der Waals surface area (Å²) >= 11 is 0. The molecule has 8 heteroatoms. The van der Waals surface area contributed by atoms with Gasteiger partial charge in [0.1, 0.15) is 0 Å². The summed E-state index contributed by atoms with van der Waals surface area (Å²) in [5.74, 6) is 1.07. The lowest BCUT2D eigenvalue weighted by molar-refractivity contribution is -0.605. The number of hydrogen-bond donors (Lipinski definition) is 2. The first-order valence-corrected chi connectivity index (χ1v) is 8.88. The van der Waals surface area contributed by atoms with Crippen molar-refractivity contribution in [2.45, 2.75) is 45.6 Å². The summed E-state index contributed by atoms with van der Waals surface area (Å²) in [4.78, 5) is 17.1. The number of aromatic nitrogens is 4. The van der Waals surface area contributed by atoms with Crippen molar-refractivity contribution >= 4 is 5.91 Å². The summed E-state index contributed by atoms with van der Waals surface area (Å²) in [6.45, 7) is 5.76. The van der Waals surface area contributed by atoms with Gasteiger partial charge in [0.2, 0.25) is 12.0 Å². The fourth-order valence-electron chi connectivity index (χ4n) is 3.71. The van der Waals surface area contributed by atoms with E-state index in [1.165, 1.54) is 18.6 Å². The molecule has 0 aliphatic heterocycles. The van der Waals surface area contributed by atoms with Crippen LogP contribution in [0.25, 0.3) is 5.82 Å². The zero-order chi connectivity index (χ0) is 18.6. The predicted octanol–water partition coefficient (Wildman–Crippen LogP) is 0.697. The average Bonchev–Trinajstić information content (AvgIpc) is 3.07. The van der Waals surface area contributed by atoms with Gasteiger partial charge in [0.05, 0.1) is 24.5 Å². The Morgan fingerprint density at radius 1 is 1.54 bits per heavy atom. The number of fused-ring (bicyclic) bond motifs is 3. The largest absolute Gasteiger partial charge is 0.619 e. The average molecular weight is 357 g/mol. The fourth-order valence-corrected chi connectivity index (χ4v) is 3.71. The minimum atomic E-state index is -0.370. The molecule has 0 bridgehead atoms. The Bertz CT molecular complexity index is 870. The minimum Gasteiger partial charge on any atom is -0.619 e. The van der Waals surface area contributed by atoms with Crippen LogP contribution in [0.2, 0.25) is 0 Å². The number of aliphatic hydroxyl groups is 1. The predicted molar refractivity (Wildman–Crippen MR) is 92.7 cm³/mol. The molecule has 2 heterocycles. The fraction of sp³-hybridized carbons (Fsp3) is 0.556. The molecule has 1 fully saturated rings. The molecule has 2 N–H and O–H groups in total. The molecule has 8 nitrogen and oxygen atoms in total. The summed E-state index contributed by atoms with van der Waals surface area (Å²) in [5, 5.41) is 28.6. The van der Waals surface area contributed by atoms with E-state index in [9.17, 15) is 15.1 Å². The second-order valence-corrected chi connectivity index (χ2v) is 8.28. The topological polar surface area (TPSA) is 107 Å². The van der Waals surface area contributed by atoms with Crippen molar-refractivity contribution in [1.82, 2.24) is 20.1 Å². The standard InChI is InChI=1S/C18H23N5O3/c1-18(2,3)13(9-24)20-17(25)15-12-7-10-6-11(10)16(12)23(21-15)14-8-22(26)5-4-19-14/h4-5,8,10-11,13,24H,6-7,9H2,1-3H3,(H,20,25)/t10?,11-,13?/m0/s1. The molecule has 2 unspecified atom stereocenters. The summed E-state index contributed by atoms with van der Waals surface area (Å²) in [6.07, 6.45) is 6.01. The van der Waals surface area contributed by atoms with Crippen LogP contribution < -0.4 is 10.0 Å². The van der Waals surface area contributed by atoms with Crippen molar-refractivity contribution in [2.75, 3.05) is 6.61 Å². The first kappa shape index (κ1) is 17.0. The van der Waals surface area contributed by atoms with Crippen molar-refractivity contribution in [2.24, 2.45) is 11.3 Å². The number of rotatable bonds is 4. The maximum atomic E-state index is 12.9. The number of aliphatic hydroxyl groups excluding tert-OH is 1. The Morgan fingerprint density at radius 3 is 2.96 bits per heavy atom. The molecular formula is C18H23N5O3. The molecule has 0 saturated heterocycles. The second-order valence-electron chi connectivity index (χ2n) is 8.28. The van der Waals surface area contributed by atoms with Gasteiger partial charge in [-0.15, -0.1) is 0 Å². The van der Waals surface area contributed by atoms with E-state index in [4.69, 9.17) is 0 Å². The van der Waals surface area contributed by atoms with Crippen LogP contribution in [0.3, 0.4) is 0 Å². The lowest BCUT2D eigenvalue weighted by Gasteiger charge is -2.29. The zero-order valence-electron chi connectivity index (χ0n) is 15.1. The normalized spacial score (nSPS) is 21.8. The van der Waals surface area contributed by atoms with E-state index in [1.54, 1.807) is 4.68 Å². The summed E-state index contributed by atoms with van der Waals surface area (Å²) < 4.78 is 2.32. The van der Waals surface area contributed by atoms with Gasteiger partial charge in [0, 0.05) is 11.5 Å². The number of carbonyl (C=O) groups is 1. The molecule has 4 rings (SSSR count). The molecule has 1 saturated carbocycles. The van der Waals surface area contributed by atoms with Gasteiger partial charge in [-0.2, -0.15) is 9.83 Å². The summed E-state index contributed by atoms with van der Waals surface area (Å²) in [7, 11) is 0. The van der Waals surface area contributed by atoms with Crippen molar-refractivity contribution in [3.8, 4) is 5.82 Å². The Morgan fingerprint density at radius 2 is 2.31 bits per heavy atom. The van der Waals surface area contributed by atoms with Crippen LogP contribution in [-0.2, 0) is 6.42 Å². The Kier molecular flexibility index (Phi) is 3.76. The first-order chi connectivity index (χ1) is 12.3. The lowest BCUT2D eigenvalue weighted by Crippen LogP contribution is -2.46. The molecule has 2 aromatic heterocycles. The van der Waals surface area contributed by atoms with Crippen LogP contribution in [0.4, 0.5) is 0 Å². The molecule has 2 aromatic rings. The van der Waals surface area contributed by atoms with Crippen molar-refractivity contribution < 1.29 is 14.6 Å². The van der Waals surface area contributed by atoms with Gasteiger partial charge in [0.25, 0.3) is 5.91 Å². The highest BCUT2D eigenvalue weighted by Gasteiger charge is 2.50. The summed E-state index contributed by atoms with van der Waals surface area (Å²) in [5.41, 5.74) is 2.04. The van der Waals surface area contributed by atoms with Crippen LogP contribution in [-0.4, -0.2) is 38.4 Å². The molecule has 3 atom stereocenters. The lowest BCUT2D eigenvalue weighted by atomic mass is 9.87. The van der Waals surface area contributed by atoms with Crippen LogP contribution >= 0.6 is 0 Å². The third kappa shape index (κ3) is 2.74. The van der Waals surface area contributed by atoms with Gasteiger partial charge < -0.3 is 15.6 Å². The van der Waals surface area contributed by atoms with Crippen molar-refractivity contribution in [3.05, 3.63) is 40.7 Å². The molecular weight excluding hydrogens is 334 g/mol. The quantitative estimate of drug-likeness (QED) is 0.619. The van der Waals surface area contributed by atoms with Gasteiger partial charge >= 0.3 is 0 Å². The molecule has 26 heavy (non-hydrogen) atoms. The Labute approximate surface area is 151 Å². The first-order valence-electron chi connectivity index (χ1n) is 8.88. The molecule has 0 radical (unpaired) electrons. The van der Waals surface area contributed by atoms with E-state index in [0.29, 0.717) is 28.1 Å². The molecule has 1 amide bonds. The third-order valence-corrected chi connectivity index (χ3v) is 5.39. The van der Waals surface area contributed by atoms with Crippen LogP contribution in [0.15, 0.2) is 18.6 Å². The van der Waals surface area contributed by atoms with Gasteiger partial charge in [0.15, 0.2) is 11.9 Å². The molecule has 0 spiro atoms. The summed E-state index contributed by atoms with van der Waals surface area (Å²) in [6, 6.07) is -0.370. The van der Waals surface area contributed by atoms with Gasteiger partial charge in [-0.1, -0.05) is 20.8 Å². The molecule has 2 aliphatic carbocycles. The number of hydrogen-bond acceptors (Lipinski definition) is 5. The van der Waals surface area contributed by atoms with E-state index >= 15 is 0 Å².